The van der Waals surface area contributed by atoms with E-state index in [2.05, 4.69) is 6.58 Å². The summed E-state index contributed by atoms with van der Waals surface area (Å²) in [6.45, 7) is 3.54. The maximum atomic E-state index is 15.3. The Morgan fingerprint density at radius 1 is 1.05 bits per heavy atom. The summed E-state index contributed by atoms with van der Waals surface area (Å²) < 4.78 is 77.9. The van der Waals surface area contributed by atoms with Gasteiger partial charge in [-0.15, -0.1) is 0 Å². The zero-order valence-corrected chi connectivity index (χ0v) is 25.1. The lowest BCUT2D eigenvalue weighted by Gasteiger charge is -2.38. The molecule has 238 valence electrons. The fraction of sp³-hybridized carbons (Fsp3) is 0.484. The van der Waals surface area contributed by atoms with Gasteiger partial charge in [0.2, 0.25) is 0 Å². The van der Waals surface area contributed by atoms with Crippen LogP contribution >= 0.6 is 23.2 Å². The van der Waals surface area contributed by atoms with Crippen molar-refractivity contribution in [3.8, 4) is 5.75 Å². The van der Waals surface area contributed by atoms with E-state index in [1.165, 1.54) is 29.2 Å². The highest BCUT2D eigenvalue weighted by Gasteiger charge is 2.46. The predicted molar refractivity (Wildman–Crippen MR) is 155 cm³/mol. The van der Waals surface area contributed by atoms with Crippen LogP contribution in [0.2, 0.25) is 10.0 Å². The highest BCUT2D eigenvalue weighted by Crippen LogP contribution is 2.46. The quantitative estimate of drug-likeness (QED) is 0.222. The smallest absolute Gasteiger partial charge is 0.408 e. The number of halogens is 7. The number of carbonyl (C=O) groups is 2. The second kappa shape index (κ2) is 12.8. The van der Waals surface area contributed by atoms with Crippen LogP contribution in [-0.4, -0.2) is 71.4 Å². The van der Waals surface area contributed by atoms with E-state index in [-0.39, 0.29) is 77.0 Å². The van der Waals surface area contributed by atoms with Gasteiger partial charge in [0.05, 0.1) is 30.3 Å². The molecule has 2 aromatic rings. The minimum atomic E-state index is -4.55. The Labute approximate surface area is 261 Å². The summed E-state index contributed by atoms with van der Waals surface area (Å²) in [7, 11) is 0. The van der Waals surface area contributed by atoms with Crippen molar-refractivity contribution in [2.24, 2.45) is 5.92 Å². The van der Waals surface area contributed by atoms with Gasteiger partial charge in [-0.2, -0.15) is 13.2 Å². The van der Waals surface area contributed by atoms with E-state index in [9.17, 15) is 32.3 Å². The summed E-state index contributed by atoms with van der Waals surface area (Å²) in [4.78, 5) is 27.1. The largest absolute Gasteiger partial charge is 0.493 e. The third-order valence-corrected chi connectivity index (χ3v) is 8.97. The molecule has 5 rings (SSSR count). The highest BCUT2D eigenvalue weighted by molar-refractivity contribution is 6.34. The summed E-state index contributed by atoms with van der Waals surface area (Å²) in [5.41, 5.74) is -0.0559. The molecule has 3 atom stereocenters. The number of carbonyl (C=O) groups excluding carboxylic acids is 1. The van der Waals surface area contributed by atoms with E-state index < -0.39 is 42.1 Å². The summed E-state index contributed by atoms with van der Waals surface area (Å²) >= 11 is 12.0. The van der Waals surface area contributed by atoms with E-state index in [4.69, 9.17) is 27.9 Å². The van der Waals surface area contributed by atoms with Gasteiger partial charge in [0, 0.05) is 22.5 Å². The van der Waals surface area contributed by atoms with Crippen molar-refractivity contribution in [3.05, 3.63) is 75.0 Å². The standard InChI is InChI=1S/C31H31Cl2F5N2O4/c1-16(30(42)43)26-11-22(34)14-40(26)29(41)24-12-23(18-2-3-18)27(13-25(24)35)44-15-17-4-6-39(7-5-17)28(31(36,37)38)19-8-20(32)10-21(33)9-19/h8-10,12-13,17-18,22,26,28H,1-7,11,14-15H2,(H,42,43)/t22-,26+,28-/m1/s1. The number of piperidine rings is 1. The molecule has 2 aromatic carbocycles. The molecule has 1 saturated carbocycles. The van der Waals surface area contributed by atoms with Gasteiger partial charge in [0.1, 0.15) is 23.8 Å². The lowest BCUT2D eigenvalue weighted by Crippen LogP contribution is -2.43. The van der Waals surface area contributed by atoms with Crippen molar-refractivity contribution >= 4 is 35.1 Å². The van der Waals surface area contributed by atoms with Gasteiger partial charge in [-0.3, -0.25) is 9.69 Å². The van der Waals surface area contributed by atoms with Crippen molar-refractivity contribution < 1.29 is 41.4 Å². The Bertz CT molecular complexity index is 1420. The van der Waals surface area contributed by atoms with Gasteiger partial charge in [-0.1, -0.05) is 29.8 Å². The van der Waals surface area contributed by atoms with E-state index in [1.54, 1.807) is 0 Å². The number of aliphatic carboxylic acids is 1. The minimum Gasteiger partial charge on any atom is -0.493 e. The van der Waals surface area contributed by atoms with Crippen LogP contribution in [0.3, 0.4) is 0 Å². The van der Waals surface area contributed by atoms with Crippen LogP contribution in [0, 0.1) is 11.7 Å². The average molecular weight is 661 g/mol. The zero-order valence-electron chi connectivity index (χ0n) is 23.6. The fourth-order valence-electron chi connectivity index (χ4n) is 6.14. The lowest BCUT2D eigenvalue weighted by molar-refractivity contribution is -0.190. The molecule has 13 heteroatoms. The highest BCUT2D eigenvalue weighted by atomic mass is 35.5. The van der Waals surface area contributed by atoms with Crippen LogP contribution < -0.4 is 4.74 Å². The topological polar surface area (TPSA) is 70.1 Å². The van der Waals surface area contributed by atoms with E-state index in [1.807, 2.05) is 0 Å². The Morgan fingerprint density at radius 3 is 2.25 bits per heavy atom. The lowest BCUT2D eigenvalue weighted by atomic mass is 9.94. The second-order valence-corrected chi connectivity index (χ2v) is 12.6. The number of rotatable bonds is 9. The van der Waals surface area contributed by atoms with Crippen LogP contribution in [0.1, 0.15) is 65.5 Å². The normalized spacial score (nSPS) is 22.2. The predicted octanol–water partition coefficient (Wildman–Crippen LogP) is 7.60. The molecule has 0 bridgehead atoms. The molecular weight excluding hydrogens is 630 g/mol. The average Bonchev–Trinajstić information content (AvgIpc) is 3.71. The van der Waals surface area contributed by atoms with E-state index >= 15 is 4.39 Å². The van der Waals surface area contributed by atoms with Crippen LogP contribution in [0.5, 0.6) is 5.75 Å². The molecule has 2 saturated heterocycles. The third kappa shape index (κ3) is 7.15. The second-order valence-electron chi connectivity index (χ2n) is 11.7. The Morgan fingerprint density at radius 2 is 1.68 bits per heavy atom. The van der Waals surface area contributed by atoms with Gasteiger partial charge >= 0.3 is 12.1 Å². The van der Waals surface area contributed by atoms with Gasteiger partial charge in [-0.05, 0) is 86.0 Å². The Balaban J connectivity index is 1.27. The summed E-state index contributed by atoms with van der Waals surface area (Å²) in [6, 6.07) is 3.47. The van der Waals surface area contributed by atoms with Gasteiger partial charge in [-0.25, -0.2) is 13.6 Å². The number of hydrogen-bond acceptors (Lipinski definition) is 4. The monoisotopic (exact) mass is 660 g/mol. The number of carboxylic acids is 1. The van der Waals surface area contributed by atoms with Crippen molar-refractivity contribution in [2.75, 3.05) is 26.2 Å². The number of nitrogens with zero attached hydrogens (tertiary/aromatic N) is 2. The number of benzene rings is 2. The first-order chi connectivity index (χ1) is 20.7. The molecular formula is C31H31Cl2F5N2O4. The van der Waals surface area contributed by atoms with Crippen molar-refractivity contribution in [1.29, 1.82) is 0 Å². The molecule has 0 radical (unpaired) electrons. The van der Waals surface area contributed by atoms with Crippen molar-refractivity contribution in [1.82, 2.24) is 9.80 Å². The van der Waals surface area contributed by atoms with E-state index in [0.717, 1.165) is 23.8 Å². The summed E-state index contributed by atoms with van der Waals surface area (Å²) in [5.74, 6) is -2.88. The SMILES string of the molecule is C=C(C(=O)O)[C@@H]1C[C@@H](F)CN1C(=O)c1cc(C2CC2)c(OCC2CCN([C@H](c3cc(Cl)cc(Cl)c3)C(F)(F)F)CC2)cc1F. The first-order valence-electron chi connectivity index (χ1n) is 14.3. The van der Waals surface area contributed by atoms with Gasteiger partial charge in [0.15, 0.2) is 0 Å². The molecule has 1 aliphatic carbocycles. The molecule has 2 heterocycles. The molecule has 1 amide bonds. The molecule has 1 N–H and O–H groups in total. The van der Waals surface area contributed by atoms with Crippen molar-refractivity contribution in [3.63, 3.8) is 0 Å². The Kier molecular flexibility index (Phi) is 9.49. The van der Waals surface area contributed by atoms with Crippen molar-refractivity contribution in [2.45, 2.75) is 62.5 Å². The van der Waals surface area contributed by atoms with Crippen LogP contribution in [-0.2, 0) is 4.79 Å². The number of likely N-dealkylation sites (tertiary alicyclic amines) is 2. The molecule has 3 fully saturated rings. The number of carboxylic acid groups (broad SMARTS) is 1. The minimum absolute atomic E-state index is 0.0292. The molecule has 0 spiro atoms. The van der Waals surface area contributed by atoms with Crippen LogP contribution in [0.25, 0.3) is 0 Å². The van der Waals surface area contributed by atoms with Crippen LogP contribution in [0.15, 0.2) is 42.5 Å². The third-order valence-electron chi connectivity index (χ3n) is 8.53. The molecule has 2 aliphatic heterocycles. The van der Waals surface area contributed by atoms with Crippen LogP contribution in [0.4, 0.5) is 22.0 Å². The molecule has 6 nitrogen and oxygen atoms in total. The maximum absolute atomic E-state index is 15.3. The summed E-state index contributed by atoms with van der Waals surface area (Å²) in [5, 5.41) is 9.56. The Hall–Kier alpha value is -2.89. The first kappa shape index (κ1) is 32.5. The van der Waals surface area contributed by atoms with E-state index in [0.29, 0.717) is 18.4 Å². The van der Waals surface area contributed by atoms with Gasteiger partial charge in [0.25, 0.3) is 5.91 Å². The number of ether oxygens (including phenoxy) is 1. The molecule has 3 aliphatic rings. The fourth-order valence-corrected chi connectivity index (χ4v) is 6.68. The number of hydrogen-bond donors (Lipinski definition) is 1. The number of alkyl halides is 4. The summed E-state index contributed by atoms with van der Waals surface area (Å²) in [6.07, 6.45) is -3.82. The molecule has 0 unspecified atom stereocenters. The zero-order chi connectivity index (χ0) is 31.9. The molecule has 0 aromatic heterocycles. The molecule has 44 heavy (non-hydrogen) atoms. The number of amides is 1. The first-order valence-corrected chi connectivity index (χ1v) is 15.1. The maximum Gasteiger partial charge on any atom is 0.408 e. The van der Waals surface area contributed by atoms with Gasteiger partial charge < -0.3 is 14.7 Å².